The Labute approximate surface area is 180 Å². The summed E-state index contributed by atoms with van der Waals surface area (Å²) in [6, 6.07) is 15.9. The highest BCUT2D eigenvalue weighted by Crippen LogP contribution is 2.13. The Morgan fingerprint density at radius 2 is 1.77 bits per heavy atom. The van der Waals surface area contributed by atoms with Crippen LogP contribution in [0.15, 0.2) is 53.5 Å². The summed E-state index contributed by atoms with van der Waals surface area (Å²) in [6.45, 7) is 6.93. The van der Waals surface area contributed by atoms with E-state index in [0.717, 1.165) is 36.8 Å². The van der Waals surface area contributed by atoms with Gasteiger partial charge in [0.15, 0.2) is 5.96 Å². The zero-order valence-corrected chi connectivity index (χ0v) is 18.8. The van der Waals surface area contributed by atoms with Crippen molar-refractivity contribution < 1.29 is 9.53 Å². The van der Waals surface area contributed by atoms with Crippen molar-refractivity contribution in [1.29, 1.82) is 0 Å². The predicted molar refractivity (Wildman–Crippen MR) is 123 cm³/mol. The molecule has 0 aliphatic carbocycles. The number of carbonyl (C=O) groups excluding carboxylic acids is 1. The lowest BCUT2D eigenvalue weighted by atomic mass is 10.1. The number of rotatable bonds is 9. The fourth-order valence-corrected chi connectivity index (χ4v) is 3.09. The van der Waals surface area contributed by atoms with Crippen LogP contribution in [0.5, 0.6) is 5.75 Å². The molecule has 0 atom stereocenters. The Morgan fingerprint density at radius 1 is 1.03 bits per heavy atom. The average molecular weight is 411 g/mol. The number of hydrogen-bond acceptors (Lipinski definition) is 3. The molecular formula is C24H34N4O2. The minimum absolute atomic E-state index is 0.0174. The number of carbonyl (C=O) groups is 1. The van der Waals surface area contributed by atoms with E-state index < -0.39 is 0 Å². The fraction of sp³-hybridized carbons (Fsp3) is 0.417. The molecule has 0 radical (unpaired) electrons. The molecule has 0 aliphatic heterocycles. The topological polar surface area (TPSA) is 57.2 Å². The van der Waals surface area contributed by atoms with E-state index in [0.29, 0.717) is 18.7 Å². The second kappa shape index (κ2) is 11.9. The van der Waals surface area contributed by atoms with Crippen molar-refractivity contribution in [3.63, 3.8) is 0 Å². The van der Waals surface area contributed by atoms with Crippen molar-refractivity contribution in [2.45, 2.75) is 26.8 Å². The molecule has 0 fully saturated rings. The summed E-state index contributed by atoms with van der Waals surface area (Å²) in [7, 11) is 5.57. The molecular weight excluding hydrogens is 376 g/mol. The zero-order chi connectivity index (χ0) is 21.9. The van der Waals surface area contributed by atoms with E-state index in [-0.39, 0.29) is 5.91 Å². The molecule has 0 saturated heterocycles. The fourth-order valence-electron chi connectivity index (χ4n) is 3.09. The van der Waals surface area contributed by atoms with Gasteiger partial charge in [-0.05, 0) is 55.7 Å². The highest BCUT2D eigenvalue weighted by molar-refractivity contribution is 5.94. The standard InChI is InChI=1S/C24H34N4O2/c1-6-25-24(28(5)18-20-11-13-22(14-12-20)30-7-2)26-16-15-19-9-8-10-21(17-19)23(29)27(3)4/h8-14,17H,6-7,15-16,18H2,1-5H3,(H,25,26). The maximum absolute atomic E-state index is 12.2. The first-order valence-corrected chi connectivity index (χ1v) is 10.5. The lowest BCUT2D eigenvalue weighted by Crippen LogP contribution is -2.38. The van der Waals surface area contributed by atoms with Crippen LogP contribution in [-0.2, 0) is 13.0 Å². The summed E-state index contributed by atoms with van der Waals surface area (Å²) in [5.41, 5.74) is 3.01. The van der Waals surface area contributed by atoms with Crippen molar-refractivity contribution in [2.24, 2.45) is 4.99 Å². The smallest absolute Gasteiger partial charge is 0.253 e. The van der Waals surface area contributed by atoms with Gasteiger partial charge in [0.1, 0.15) is 5.75 Å². The largest absolute Gasteiger partial charge is 0.494 e. The second-order valence-electron chi connectivity index (χ2n) is 7.32. The van der Waals surface area contributed by atoms with Crippen molar-refractivity contribution >= 4 is 11.9 Å². The molecule has 2 rings (SSSR count). The van der Waals surface area contributed by atoms with Gasteiger partial charge in [0.2, 0.25) is 0 Å². The number of hydrogen-bond donors (Lipinski definition) is 1. The van der Waals surface area contributed by atoms with Crippen LogP contribution in [0.1, 0.15) is 35.3 Å². The minimum atomic E-state index is 0.0174. The summed E-state index contributed by atoms with van der Waals surface area (Å²) in [5.74, 6) is 1.77. The van der Waals surface area contributed by atoms with Gasteiger partial charge >= 0.3 is 0 Å². The molecule has 0 saturated carbocycles. The molecule has 162 valence electrons. The van der Waals surface area contributed by atoms with Gasteiger partial charge in [-0.3, -0.25) is 9.79 Å². The first kappa shape index (κ1) is 23.3. The Bertz CT molecular complexity index is 831. The van der Waals surface area contributed by atoms with Gasteiger partial charge in [-0.2, -0.15) is 0 Å². The molecule has 0 bridgehead atoms. The first-order valence-electron chi connectivity index (χ1n) is 10.5. The van der Waals surface area contributed by atoms with Crippen LogP contribution < -0.4 is 10.1 Å². The molecule has 6 nitrogen and oxygen atoms in total. The molecule has 1 amide bonds. The summed E-state index contributed by atoms with van der Waals surface area (Å²) in [6.07, 6.45) is 0.778. The lowest BCUT2D eigenvalue weighted by molar-refractivity contribution is 0.0827. The number of aliphatic imine (C=N–C) groups is 1. The monoisotopic (exact) mass is 410 g/mol. The van der Waals surface area contributed by atoms with Crippen molar-refractivity contribution in [3.05, 3.63) is 65.2 Å². The Balaban J connectivity index is 1.99. The van der Waals surface area contributed by atoms with Gasteiger partial charge in [-0.1, -0.05) is 24.3 Å². The Kier molecular flexibility index (Phi) is 9.19. The maximum Gasteiger partial charge on any atom is 0.253 e. The summed E-state index contributed by atoms with van der Waals surface area (Å²) >= 11 is 0. The first-order chi connectivity index (χ1) is 14.4. The second-order valence-corrected chi connectivity index (χ2v) is 7.32. The molecule has 2 aromatic carbocycles. The van der Waals surface area contributed by atoms with Crippen LogP contribution >= 0.6 is 0 Å². The van der Waals surface area contributed by atoms with Gasteiger partial charge in [0.05, 0.1) is 6.61 Å². The van der Waals surface area contributed by atoms with Gasteiger partial charge in [-0.15, -0.1) is 0 Å². The number of guanidine groups is 1. The maximum atomic E-state index is 12.2. The average Bonchev–Trinajstić information content (AvgIpc) is 2.74. The molecule has 0 spiro atoms. The van der Waals surface area contributed by atoms with E-state index >= 15 is 0 Å². The van der Waals surface area contributed by atoms with Crippen molar-refractivity contribution in [1.82, 2.24) is 15.1 Å². The molecule has 6 heteroatoms. The van der Waals surface area contributed by atoms with Crippen LogP contribution in [0.25, 0.3) is 0 Å². The van der Waals surface area contributed by atoms with Crippen LogP contribution in [0, 0.1) is 0 Å². The van der Waals surface area contributed by atoms with Gasteiger partial charge in [-0.25, -0.2) is 0 Å². The zero-order valence-electron chi connectivity index (χ0n) is 18.8. The summed E-state index contributed by atoms with van der Waals surface area (Å²) in [5, 5.41) is 3.36. The molecule has 2 aromatic rings. The third-order valence-corrected chi connectivity index (χ3v) is 4.59. The third-order valence-electron chi connectivity index (χ3n) is 4.59. The van der Waals surface area contributed by atoms with Crippen LogP contribution in [0.3, 0.4) is 0 Å². The minimum Gasteiger partial charge on any atom is -0.494 e. The van der Waals surface area contributed by atoms with E-state index in [9.17, 15) is 4.79 Å². The Hall–Kier alpha value is -3.02. The molecule has 30 heavy (non-hydrogen) atoms. The number of ether oxygens (including phenoxy) is 1. The highest BCUT2D eigenvalue weighted by Gasteiger charge is 2.09. The lowest BCUT2D eigenvalue weighted by Gasteiger charge is -2.22. The third kappa shape index (κ3) is 7.10. The number of benzene rings is 2. The van der Waals surface area contributed by atoms with E-state index in [1.54, 1.807) is 19.0 Å². The highest BCUT2D eigenvalue weighted by atomic mass is 16.5. The molecule has 0 unspecified atom stereocenters. The number of nitrogens with zero attached hydrogens (tertiary/aromatic N) is 3. The van der Waals surface area contributed by atoms with E-state index in [1.165, 1.54) is 5.56 Å². The quantitative estimate of drug-likeness (QED) is 0.508. The molecule has 0 aliphatic rings. The van der Waals surface area contributed by atoms with Gasteiger partial charge in [0, 0.05) is 46.3 Å². The summed E-state index contributed by atoms with van der Waals surface area (Å²) in [4.78, 5) is 20.6. The van der Waals surface area contributed by atoms with E-state index in [4.69, 9.17) is 9.73 Å². The SMILES string of the molecule is CCNC(=NCCc1cccc(C(=O)N(C)C)c1)N(C)Cc1ccc(OCC)cc1. The van der Waals surface area contributed by atoms with E-state index in [1.807, 2.05) is 50.4 Å². The van der Waals surface area contributed by atoms with Crippen LogP contribution in [-0.4, -0.2) is 62.5 Å². The van der Waals surface area contributed by atoms with E-state index in [2.05, 4.69) is 29.3 Å². The number of amides is 1. The predicted octanol–water partition coefficient (Wildman–Crippen LogP) is 3.43. The van der Waals surface area contributed by atoms with Crippen molar-refractivity contribution in [3.8, 4) is 5.75 Å². The van der Waals surface area contributed by atoms with Crippen LogP contribution in [0.4, 0.5) is 0 Å². The van der Waals surface area contributed by atoms with Gasteiger partial charge in [0.25, 0.3) is 5.91 Å². The molecule has 0 aromatic heterocycles. The van der Waals surface area contributed by atoms with Crippen LogP contribution in [0.2, 0.25) is 0 Å². The molecule has 1 N–H and O–H groups in total. The Morgan fingerprint density at radius 3 is 2.40 bits per heavy atom. The number of nitrogens with one attached hydrogen (secondary N) is 1. The summed E-state index contributed by atoms with van der Waals surface area (Å²) < 4.78 is 5.51. The normalized spacial score (nSPS) is 11.2. The van der Waals surface area contributed by atoms with Crippen molar-refractivity contribution in [2.75, 3.05) is 40.8 Å². The van der Waals surface area contributed by atoms with Gasteiger partial charge < -0.3 is 19.9 Å². The molecule has 0 heterocycles.